The molecule has 0 aliphatic carbocycles. The van der Waals surface area contributed by atoms with Crippen molar-refractivity contribution in [3.05, 3.63) is 42.3 Å². The molecule has 0 fully saturated rings. The van der Waals surface area contributed by atoms with Crippen LogP contribution in [0.2, 0.25) is 0 Å². The Morgan fingerprint density at radius 2 is 2.11 bits per heavy atom. The van der Waals surface area contributed by atoms with Crippen LogP contribution in [-0.4, -0.2) is 22.6 Å². The second-order valence-corrected chi connectivity index (χ2v) is 3.83. The van der Waals surface area contributed by atoms with E-state index in [-0.39, 0.29) is 6.42 Å². The lowest BCUT2D eigenvalue weighted by atomic mass is 10.2. The Morgan fingerprint density at radius 1 is 1.33 bits per heavy atom. The molecule has 0 unspecified atom stereocenters. The minimum absolute atomic E-state index is 0.101. The van der Waals surface area contributed by atoms with E-state index < -0.39 is 5.97 Å². The van der Waals surface area contributed by atoms with Crippen LogP contribution in [0.25, 0.3) is 11.5 Å². The highest BCUT2D eigenvalue weighted by atomic mass is 16.4. The Kier molecular flexibility index (Phi) is 4.09. The summed E-state index contributed by atoms with van der Waals surface area (Å²) in [4.78, 5) is 14.6. The largest absolute Gasteiger partial charge is 0.481 e. The van der Waals surface area contributed by atoms with Crippen molar-refractivity contribution in [1.29, 1.82) is 0 Å². The lowest BCUT2D eigenvalue weighted by Gasteiger charge is -1.98. The third kappa shape index (κ3) is 3.43. The van der Waals surface area contributed by atoms with E-state index >= 15 is 0 Å². The smallest absolute Gasteiger partial charge is 0.304 e. The second kappa shape index (κ2) is 5.97. The summed E-state index contributed by atoms with van der Waals surface area (Å²) in [6.07, 6.45) is 1.68. The predicted octanol–water partition coefficient (Wildman–Crippen LogP) is 1.91. The summed E-state index contributed by atoms with van der Waals surface area (Å²) >= 11 is 0. The molecule has 0 bridgehead atoms. The van der Waals surface area contributed by atoms with E-state index in [0.717, 1.165) is 11.3 Å². The Balaban J connectivity index is 1.89. The molecular formula is C13H14N2O3. The van der Waals surface area contributed by atoms with E-state index in [4.69, 9.17) is 9.52 Å². The summed E-state index contributed by atoms with van der Waals surface area (Å²) < 4.78 is 5.36. The van der Waals surface area contributed by atoms with Gasteiger partial charge in [0.15, 0.2) is 0 Å². The molecule has 0 atom stereocenters. The quantitative estimate of drug-likeness (QED) is 0.761. The highest BCUT2D eigenvalue weighted by Crippen LogP contribution is 2.17. The summed E-state index contributed by atoms with van der Waals surface area (Å²) in [5.74, 6) is -0.238. The highest BCUT2D eigenvalue weighted by Gasteiger charge is 2.05. The van der Waals surface area contributed by atoms with Crippen LogP contribution in [0.4, 0.5) is 0 Å². The van der Waals surface area contributed by atoms with Crippen LogP contribution in [-0.2, 0) is 11.3 Å². The van der Waals surface area contributed by atoms with Crippen LogP contribution in [0.3, 0.4) is 0 Å². The van der Waals surface area contributed by atoms with Crippen LogP contribution in [0.1, 0.15) is 12.1 Å². The lowest BCUT2D eigenvalue weighted by Crippen LogP contribution is -2.17. The van der Waals surface area contributed by atoms with Gasteiger partial charge < -0.3 is 14.8 Å². The molecule has 0 spiro atoms. The zero-order valence-electron chi connectivity index (χ0n) is 9.80. The van der Waals surface area contributed by atoms with E-state index in [9.17, 15) is 4.79 Å². The van der Waals surface area contributed by atoms with Crippen molar-refractivity contribution in [3.63, 3.8) is 0 Å². The molecule has 0 aliphatic heterocycles. The third-order valence-electron chi connectivity index (χ3n) is 2.39. The number of aromatic nitrogens is 1. The van der Waals surface area contributed by atoms with E-state index in [1.807, 2.05) is 30.3 Å². The molecule has 18 heavy (non-hydrogen) atoms. The van der Waals surface area contributed by atoms with Crippen molar-refractivity contribution in [3.8, 4) is 11.5 Å². The number of hydrogen-bond acceptors (Lipinski definition) is 4. The number of benzene rings is 1. The average molecular weight is 246 g/mol. The normalized spacial score (nSPS) is 10.4. The fraction of sp³-hybridized carbons (Fsp3) is 0.231. The Hall–Kier alpha value is -2.14. The van der Waals surface area contributed by atoms with Crippen LogP contribution in [0.15, 0.2) is 41.0 Å². The molecule has 1 aromatic heterocycles. The summed E-state index contributed by atoms with van der Waals surface area (Å²) in [6, 6.07) is 9.62. The summed E-state index contributed by atoms with van der Waals surface area (Å²) in [5, 5.41) is 11.5. The van der Waals surface area contributed by atoms with Crippen molar-refractivity contribution < 1.29 is 14.3 Å². The van der Waals surface area contributed by atoms with E-state index in [1.165, 1.54) is 0 Å². The fourth-order valence-corrected chi connectivity index (χ4v) is 1.51. The van der Waals surface area contributed by atoms with Gasteiger partial charge in [0.25, 0.3) is 0 Å². The maximum Gasteiger partial charge on any atom is 0.304 e. The molecule has 2 rings (SSSR count). The Bertz CT molecular complexity index is 508. The number of carboxylic acid groups (broad SMARTS) is 1. The molecule has 0 aliphatic rings. The van der Waals surface area contributed by atoms with E-state index in [2.05, 4.69) is 10.3 Å². The van der Waals surface area contributed by atoms with Crippen LogP contribution in [0, 0.1) is 0 Å². The molecule has 0 saturated heterocycles. The van der Waals surface area contributed by atoms with Gasteiger partial charge >= 0.3 is 5.97 Å². The number of rotatable bonds is 6. The standard InChI is InChI=1S/C13H14N2O3/c16-12(17)6-7-14-8-11-9-18-13(15-11)10-4-2-1-3-5-10/h1-5,9,14H,6-8H2,(H,16,17). The Labute approximate surface area is 104 Å². The number of carboxylic acids is 1. The number of aliphatic carboxylic acids is 1. The van der Waals surface area contributed by atoms with Crippen LogP contribution >= 0.6 is 0 Å². The minimum atomic E-state index is -0.812. The minimum Gasteiger partial charge on any atom is -0.481 e. The molecule has 0 radical (unpaired) electrons. The maximum atomic E-state index is 10.3. The van der Waals surface area contributed by atoms with Gasteiger partial charge in [-0.05, 0) is 12.1 Å². The second-order valence-electron chi connectivity index (χ2n) is 3.83. The molecule has 2 N–H and O–H groups in total. The van der Waals surface area contributed by atoms with Crippen LogP contribution < -0.4 is 5.32 Å². The lowest BCUT2D eigenvalue weighted by molar-refractivity contribution is -0.136. The van der Waals surface area contributed by atoms with Crippen molar-refractivity contribution >= 4 is 5.97 Å². The van der Waals surface area contributed by atoms with Crippen molar-refractivity contribution in [1.82, 2.24) is 10.3 Å². The zero-order valence-corrected chi connectivity index (χ0v) is 9.80. The number of nitrogens with zero attached hydrogens (tertiary/aromatic N) is 1. The fourth-order valence-electron chi connectivity index (χ4n) is 1.51. The van der Waals surface area contributed by atoms with E-state index in [0.29, 0.717) is 19.0 Å². The maximum absolute atomic E-state index is 10.3. The molecule has 5 heteroatoms. The molecule has 94 valence electrons. The van der Waals surface area contributed by atoms with Gasteiger partial charge in [-0.25, -0.2) is 4.98 Å². The molecule has 2 aromatic rings. The Morgan fingerprint density at radius 3 is 2.83 bits per heavy atom. The average Bonchev–Trinajstić information content (AvgIpc) is 2.84. The highest BCUT2D eigenvalue weighted by molar-refractivity contribution is 5.66. The van der Waals surface area contributed by atoms with Gasteiger partial charge in [0.1, 0.15) is 6.26 Å². The predicted molar refractivity (Wildman–Crippen MR) is 65.9 cm³/mol. The first-order valence-corrected chi connectivity index (χ1v) is 5.68. The molecule has 5 nitrogen and oxygen atoms in total. The van der Waals surface area contributed by atoms with Gasteiger partial charge in [-0.3, -0.25) is 4.79 Å². The number of carbonyl (C=O) groups is 1. The molecule has 0 saturated carbocycles. The van der Waals surface area contributed by atoms with Gasteiger partial charge in [-0.15, -0.1) is 0 Å². The molecule has 1 heterocycles. The molecular weight excluding hydrogens is 232 g/mol. The molecule has 1 aromatic carbocycles. The number of nitrogens with one attached hydrogen (secondary N) is 1. The third-order valence-corrected chi connectivity index (χ3v) is 2.39. The number of oxazole rings is 1. The van der Waals surface area contributed by atoms with Gasteiger partial charge in [0.2, 0.25) is 5.89 Å². The first kappa shape index (κ1) is 12.3. The number of hydrogen-bond donors (Lipinski definition) is 2. The van der Waals surface area contributed by atoms with Crippen molar-refractivity contribution in [2.75, 3.05) is 6.54 Å². The van der Waals surface area contributed by atoms with Gasteiger partial charge in [0, 0.05) is 18.7 Å². The van der Waals surface area contributed by atoms with Gasteiger partial charge in [0.05, 0.1) is 12.1 Å². The summed E-state index contributed by atoms with van der Waals surface area (Å²) in [7, 11) is 0. The van der Waals surface area contributed by atoms with Gasteiger partial charge in [-0.2, -0.15) is 0 Å². The summed E-state index contributed by atoms with van der Waals surface area (Å²) in [5.41, 5.74) is 1.69. The molecule has 0 amide bonds. The topological polar surface area (TPSA) is 75.4 Å². The van der Waals surface area contributed by atoms with E-state index in [1.54, 1.807) is 6.26 Å². The monoisotopic (exact) mass is 246 g/mol. The first-order chi connectivity index (χ1) is 8.75. The first-order valence-electron chi connectivity index (χ1n) is 5.68. The SMILES string of the molecule is O=C(O)CCNCc1coc(-c2ccccc2)n1. The van der Waals surface area contributed by atoms with Crippen molar-refractivity contribution in [2.45, 2.75) is 13.0 Å². The van der Waals surface area contributed by atoms with Crippen molar-refractivity contribution in [2.24, 2.45) is 0 Å². The summed E-state index contributed by atoms with van der Waals surface area (Å²) in [6.45, 7) is 0.923. The van der Waals surface area contributed by atoms with Crippen LogP contribution in [0.5, 0.6) is 0 Å². The van der Waals surface area contributed by atoms with Gasteiger partial charge in [-0.1, -0.05) is 18.2 Å². The zero-order chi connectivity index (χ0) is 12.8.